The van der Waals surface area contributed by atoms with E-state index < -0.39 is 6.10 Å². The molecule has 2 N–H and O–H groups in total. The number of aromatic amines is 1. The molecular formula is C26H25N5O3. The fourth-order valence-electron chi connectivity index (χ4n) is 4.74. The zero-order chi connectivity index (χ0) is 23.1. The van der Waals surface area contributed by atoms with Crippen LogP contribution in [0.15, 0.2) is 65.7 Å². The van der Waals surface area contributed by atoms with E-state index in [9.17, 15) is 5.11 Å². The van der Waals surface area contributed by atoms with Crippen LogP contribution in [0.5, 0.6) is 0 Å². The van der Waals surface area contributed by atoms with Gasteiger partial charge in [0, 0.05) is 72.6 Å². The average molecular weight is 456 g/mol. The second-order valence-corrected chi connectivity index (χ2v) is 8.78. The number of ether oxygens (including phenoxy) is 1. The molecule has 0 saturated carbocycles. The van der Waals surface area contributed by atoms with E-state index in [1.165, 1.54) is 0 Å². The number of nitrogens with zero attached hydrogens (tertiary/aromatic N) is 4. The molecule has 0 radical (unpaired) electrons. The minimum absolute atomic E-state index is 0.173. The van der Waals surface area contributed by atoms with Crippen LogP contribution in [0.4, 0.5) is 0 Å². The summed E-state index contributed by atoms with van der Waals surface area (Å²) in [6, 6.07) is 11.9. The molecule has 8 heteroatoms. The van der Waals surface area contributed by atoms with Crippen molar-refractivity contribution in [2.45, 2.75) is 18.9 Å². The number of nitrogens with one attached hydrogen (secondary N) is 1. The van der Waals surface area contributed by atoms with Crippen LogP contribution in [0.1, 0.15) is 24.5 Å². The van der Waals surface area contributed by atoms with E-state index in [-0.39, 0.29) is 5.92 Å². The Morgan fingerprint density at radius 3 is 2.76 bits per heavy atom. The summed E-state index contributed by atoms with van der Waals surface area (Å²) in [4.78, 5) is 7.79. The van der Waals surface area contributed by atoms with Gasteiger partial charge in [0.05, 0.1) is 12.3 Å². The third kappa shape index (κ3) is 3.70. The van der Waals surface area contributed by atoms with Gasteiger partial charge in [0.1, 0.15) is 11.3 Å². The highest BCUT2D eigenvalue weighted by Crippen LogP contribution is 2.38. The van der Waals surface area contributed by atoms with Crippen LogP contribution < -0.4 is 0 Å². The zero-order valence-corrected chi connectivity index (χ0v) is 18.8. The van der Waals surface area contributed by atoms with Crippen LogP contribution in [-0.4, -0.2) is 43.2 Å². The second kappa shape index (κ2) is 8.55. The SMILES string of the molecule is Cn1cc(-c2cnc3[nH]cc(-c4cc(-c5ccccc5C(O)C5CCOCC5)no4)c3c2)cn1. The van der Waals surface area contributed by atoms with Gasteiger partial charge in [0.2, 0.25) is 0 Å². The number of aliphatic hydroxyl groups excluding tert-OH is 1. The Labute approximate surface area is 196 Å². The Bertz CT molecular complexity index is 1440. The van der Waals surface area contributed by atoms with Crippen LogP contribution in [-0.2, 0) is 11.8 Å². The zero-order valence-electron chi connectivity index (χ0n) is 18.8. The molecule has 0 spiro atoms. The molecule has 0 amide bonds. The minimum Gasteiger partial charge on any atom is -0.388 e. The summed E-state index contributed by atoms with van der Waals surface area (Å²) < 4.78 is 13.0. The molecule has 1 atom stereocenters. The van der Waals surface area contributed by atoms with Crippen LogP contribution in [0.3, 0.4) is 0 Å². The normalized spacial score (nSPS) is 15.7. The Morgan fingerprint density at radius 2 is 1.94 bits per heavy atom. The van der Waals surface area contributed by atoms with E-state index >= 15 is 0 Å². The number of hydrogen-bond donors (Lipinski definition) is 2. The van der Waals surface area contributed by atoms with Crippen molar-refractivity contribution in [3.05, 3.63) is 66.7 Å². The Balaban J connectivity index is 1.36. The maximum absolute atomic E-state index is 11.1. The number of aromatic nitrogens is 5. The van der Waals surface area contributed by atoms with Crippen molar-refractivity contribution in [1.82, 2.24) is 24.9 Å². The predicted molar refractivity (Wildman–Crippen MR) is 128 cm³/mol. The molecule has 1 saturated heterocycles. The van der Waals surface area contributed by atoms with Gasteiger partial charge in [-0.05, 0) is 30.4 Å². The summed E-state index contributed by atoms with van der Waals surface area (Å²) in [5, 5.41) is 20.7. The first-order chi connectivity index (χ1) is 16.7. The monoisotopic (exact) mass is 455 g/mol. The maximum Gasteiger partial charge on any atom is 0.169 e. The maximum atomic E-state index is 11.1. The lowest BCUT2D eigenvalue weighted by molar-refractivity contribution is 0.00738. The molecule has 0 bridgehead atoms. The molecule has 34 heavy (non-hydrogen) atoms. The van der Waals surface area contributed by atoms with Gasteiger partial charge < -0.3 is 19.4 Å². The number of benzene rings is 1. The first kappa shape index (κ1) is 20.8. The van der Waals surface area contributed by atoms with Gasteiger partial charge >= 0.3 is 0 Å². The molecule has 5 heterocycles. The van der Waals surface area contributed by atoms with Crippen molar-refractivity contribution in [1.29, 1.82) is 0 Å². The molecule has 1 fully saturated rings. The summed E-state index contributed by atoms with van der Waals surface area (Å²) in [5.41, 5.74) is 6.08. The molecule has 4 aromatic heterocycles. The molecule has 172 valence electrons. The van der Waals surface area contributed by atoms with Crippen LogP contribution >= 0.6 is 0 Å². The van der Waals surface area contributed by atoms with Crippen molar-refractivity contribution >= 4 is 11.0 Å². The molecule has 8 nitrogen and oxygen atoms in total. The van der Waals surface area contributed by atoms with Gasteiger partial charge in [0.15, 0.2) is 5.76 Å². The van der Waals surface area contributed by atoms with E-state index in [1.807, 2.05) is 62.2 Å². The molecular weight excluding hydrogens is 430 g/mol. The number of hydrogen-bond acceptors (Lipinski definition) is 6. The van der Waals surface area contributed by atoms with Gasteiger partial charge in [-0.3, -0.25) is 4.68 Å². The van der Waals surface area contributed by atoms with E-state index in [0.29, 0.717) is 24.7 Å². The summed E-state index contributed by atoms with van der Waals surface area (Å²) >= 11 is 0. The van der Waals surface area contributed by atoms with E-state index in [1.54, 1.807) is 4.68 Å². The van der Waals surface area contributed by atoms with Crippen molar-refractivity contribution < 1.29 is 14.4 Å². The standard InChI is InChI=1S/C26H25N5O3/c1-31-15-18(13-29-31)17-10-21-22(14-28-26(21)27-12-17)24-11-23(30-34-24)19-4-2-3-5-20(19)25(32)16-6-8-33-9-7-16/h2-5,10-16,25,32H,6-9H2,1H3,(H,27,28). The van der Waals surface area contributed by atoms with Gasteiger partial charge in [-0.2, -0.15) is 5.10 Å². The van der Waals surface area contributed by atoms with E-state index in [2.05, 4.69) is 26.3 Å². The van der Waals surface area contributed by atoms with Crippen molar-refractivity contribution in [2.24, 2.45) is 13.0 Å². The van der Waals surface area contributed by atoms with Crippen molar-refractivity contribution in [3.63, 3.8) is 0 Å². The van der Waals surface area contributed by atoms with Gasteiger partial charge in [-0.25, -0.2) is 4.98 Å². The molecule has 1 aliphatic heterocycles. The summed E-state index contributed by atoms with van der Waals surface area (Å²) in [7, 11) is 1.89. The topological polar surface area (TPSA) is 102 Å². The Morgan fingerprint density at radius 1 is 1.09 bits per heavy atom. The summed E-state index contributed by atoms with van der Waals surface area (Å²) in [6.07, 6.45) is 8.63. The van der Waals surface area contributed by atoms with Gasteiger partial charge in [0.25, 0.3) is 0 Å². The molecule has 6 rings (SSSR count). The number of fused-ring (bicyclic) bond motifs is 1. The number of aryl methyl sites for hydroxylation is 1. The lowest BCUT2D eigenvalue weighted by Crippen LogP contribution is -2.22. The third-order valence-electron chi connectivity index (χ3n) is 6.61. The second-order valence-electron chi connectivity index (χ2n) is 8.78. The molecule has 0 aliphatic carbocycles. The molecule has 5 aromatic rings. The van der Waals surface area contributed by atoms with E-state index in [0.717, 1.165) is 51.7 Å². The number of H-pyrrole nitrogens is 1. The van der Waals surface area contributed by atoms with Gasteiger partial charge in [-0.15, -0.1) is 0 Å². The van der Waals surface area contributed by atoms with Crippen LogP contribution in [0, 0.1) is 5.92 Å². The lowest BCUT2D eigenvalue weighted by atomic mass is 9.86. The minimum atomic E-state index is -0.570. The third-order valence-corrected chi connectivity index (χ3v) is 6.61. The Kier molecular flexibility index (Phi) is 5.24. The predicted octanol–water partition coefficient (Wildman–Crippen LogP) is 4.75. The van der Waals surface area contributed by atoms with Gasteiger partial charge in [-0.1, -0.05) is 29.4 Å². The molecule has 1 unspecified atom stereocenters. The lowest BCUT2D eigenvalue weighted by Gasteiger charge is -2.28. The molecule has 1 aliphatic rings. The van der Waals surface area contributed by atoms with E-state index in [4.69, 9.17) is 9.26 Å². The summed E-state index contributed by atoms with van der Waals surface area (Å²) in [5.74, 6) is 0.814. The fourth-order valence-corrected chi connectivity index (χ4v) is 4.74. The smallest absolute Gasteiger partial charge is 0.169 e. The first-order valence-electron chi connectivity index (χ1n) is 11.5. The van der Waals surface area contributed by atoms with Crippen LogP contribution in [0.2, 0.25) is 0 Å². The largest absolute Gasteiger partial charge is 0.388 e. The first-order valence-corrected chi connectivity index (χ1v) is 11.5. The van der Waals surface area contributed by atoms with Crippen molar-refractivity contribution in [3.8, 4) is 33.7 Å². The van der Waals surface area contributed by atoms with Crippen LogP contribution in [0.25, 0.3) is 44.7 Å². The highest BCUT2D eigenvalue weighted by molar-refractivity contribution is 5.95. The highest BCUT2D eigenvalue weighted by Gasteiger charge is 2.26. The fraction of sp³-hybridized carbons (Fsp3) is 0.269. The number of rotatable bonds is 5. The quantitative estimate of drug-likeness (QED) is 0.397. The Hall–Kier alpha value is -3.75. The summed E-state index contributed by atoms with van der Waals surface area (Å²) in [6.45, 7) is 1.38. The number of aliphatic hydroxyl groups is 1. The average Bonchev–Trinajstić information content (AvgIpc) is 3.63. The number of pyridine rings is 1. The van der Waals surface area contributed by atoms with Crippen molar-refractivity contribution in [2.75, 3.05) is 13.2 Å². The molecule has 1 aromatic carbocycles. The highest BCUT2D eigenvalue weighted by atomic mass is 16.5.